The third kappa shape index (κ3) is 3.53. The number of nitrogens with one attached hydrogen (secondary N) is 1. The first kappa shape index (κ1) is 14.0. The van der Waals surface area contributed by atoms with Gasteiger partial charge >= 0.3 is 0 Å². The molecule has 19 heavy (non-hydrogen) atoms. The van der Waals surface area contributed by atoms with Gasteiger partial charge < -0.3 is 10.1 Å². The zero-order valence-electron chi connectivity index (χ0n) is 11.4. The van der Waals surface area contributed by atoms with E-state index in [1.807, 2.05) is 13.8 Å². The monoisotopic (exact) mass is 265 g/mol. The van der Waals surface area contributed by atoms with E-state index in [1.165, 1.54) is 12.1 Å². The lowest BCUT2D eigenvalue weighted by molar-refractivity contribution is 0.0888. The smallest absolute Gasteiger partial charge is 0.169 e. The third-order valence-electron chi connectivity index (χ3n) is 3.28. The maximum atomic E-state index is 13.4. The van der Waals surface area contributed by atoms with Gasteiger partial charge in [0, 0.05) is 5.92 Å². The molecular formula is C15H20FNO2. The predicted molar refractivity (Wildman–Crippen MR) is 72.1 cm³/mol. The van der Waals surface area contributed by atoms with E-state index >= 15 is 0 Å². The van der Waals surface area contributed by atoms with Crippen LogP contribution in [0.3, 0.4) is 0 Å². The Morgan fingerprint density at radius 3 is 2.68 bits per heavy atom. The van der Waals surface area contributed by atoms with Gasteiger partial charge in [-0.25, -0.2) is 4.39 Å². The van der Waals surface area contributed by atoms with Crippen LogP contribution in [0.2, 0.25) is 0 Å². The molecule has 2 rings (SSSR count). The van der Waals surface area contributed by atoms with Gasteiger partial charge in [0.25, 0.3) is 0 Å². The summed E-state index contributed by atoms with van der Waals surface area (Å²) in [5.74, 6) is 0.0579. The van der Waals surface area contributed by atoms with Crippen molar-refractivity contribution in [1.29, 1.82) is 0 Å². The standard InChI is InChI=1S/C15H20FNO2/c1-10(2)19-14-4-3-12(16)9-13(14)15(18)11-5-7-17-8-6-11/h3-4,9-11,17H,5-8H2,1-2H3. The number of hydrogen-bond donors (Lipinski definition) is 1. The fourth-order valence-electron chi connectivity index (χ4n) is 2.36. The molecule has 1 aliphatic heterocycles. The van der Waals surface area contributed by atoms with Crippen LogP contribution in [0.1, 0.15) is 37.0 Å². The number of piperidine rings is 1. The number of hydrogen-bond acceptors (Lipinski definition) is 3. The Kier molecular flexibility index (Phi) is 4.53. The van der Waals surface area contributed by atoms with Crippen LogP contribution in [0.5, 0.6) is 5.75 Å². The zero-order valence-corrected chi connectivity index (χ0v) is 11.4. The van der Waals surface area contributed by atoms with Crippen LogP contribution in [-0.2, 0) is 0 Å². The Hall–Kier alpha value is -1.42. The van der Waals surface area contributed by atoms with Gasteiger partial charge in [0.2, 0.25) is 0 Å². The summed E-state index contributed by atoms with van der Waals surface area (Å²) in [4.78, 5) is 12.5. The van der Waals surface area contributed by atoms with Crippen LogP contribution in [0.25, 0.3) is 0 Å². The van der Waals surface area contributed by atoms with Crippen molar-refractivity contribution in [2.75, 3.05) is 13.1 Å². The van der Waals surface area contributed by atoms with E-state index in [0.717, 1.165) is 25.9 Å². The van der Waals surface area contributed by atoms with Crippen LogP contribution >= 0.6 is 0 Å². The topological polar surface area (TPSA) is 38.3 Å². The quantitative estimate of drug-likeness (QED) is 0.851. The highest BCUT2D eigenvalue weighted by atomic mass is 19.1. The number of rotatable bonds is 4. The molecule has 1 aliphatic rings. The molecule has 0 saturated carbocycles. The molecule has 0 bridgehead atoms. The molecular weight excluding hydrogens is 245 g/mol. The first-order chi connectivity index (χ1) is 9.08. The summed E-state index contributed by atoms with van der Waals surface area (Å²) in [7, 11) is 0. The van der Waals surface area contributed by atoms with Gasteiger partial charge in [-0.15, -0.1) is 0 Å². The summed E-state index contributed by atoms with van der Waals surface area (Å²) in [6, 6.07) is 4.17. The normalized spacial score (nSPS) is 16.6. The largest absolute Gasteiger partial charge is 0.490 e. The number of carbonyl (C=O) groups excluding carboxylic acids is 1. The van der Waals surface area contributed by atoms with Crippen molar-refractivity contribution in [3.05, 3.63) is 29.6 Å². The maximum absolute atomic E-state index is 13.4. The molecule has 1 aromatic rings. The summed E-state index contributed by atoms with van der Waals surface area (Å²) >= 11 is 0. The Labute approximate surface area is 113 Å². The van der Waals surface area contributed by atoms with Gasteiger partial charge in [-0.1, -0.05) is 0 Å². The second-order valence-corrected chi connectivity index (χ2v) is 5.20. The van der Waals surface area contributed by atoms with Crippen LogP contribution in [-0.4, -0.2) is 25.0 Å². The molecule has 0 aromatic heterocycles. The lowest BCUT2D eigenvalue weighted by atomic mass is 9.89. The summed E-state index contributed by atoms with van der Waals surface area (Å²) in [5, 5.41) is 3.22. The second-order valence-electron chi connectivity index (χ2n) is 5.20. The SMILES string of the molecule is CC(C)Oc1ccc(F)cc1C(=O)C1CCNCC1. The average molecular weight is 265 g/mol. The Balaban J connectivity index is 2.25. The van der Waals surface area contributed by atoms with Crippen molar-refractivity contribution < 1.29 is 13.9 Å². The minimum atomic E-state index is -0.395. The van der Waals surface area contributed by atoms with Crippen LogP contribution in [0.4, 0.5) is 4.39 Å². The first-order valence-corrected chi connectivity index (χ1v) is 6.79. The van der Waals surface area contributed by atoms with Gasteiger partial charge in [-0.2, -0.15) is 0 Å². The van der Waals surface area contributed by atoms with E-state index < -0.39 is 5.82 Å². The van der Waals surface area contributed by atoms with Crippen molar-refractivity contribution in [1.82, 2.24) is 5.32 Å². The number of carbonyl (C=O) groups is 1. The molecule has 1 fully saturated rings. The highest BCUT2D eigenvalue weighted by Gasteiger charge is 2.25. The summed E-state index contributed by atoms with van der Waals surface area (Å²) in [6.45, 7) is 5.46. The van der Waals surface area contributed by atoms with Gasteiger partial charge in [0.05, 0.1) is 11.7 Å². The molecule has 1 heterocycles. The van der Waals surface area contributed by atoms with Gasteiger partial charge in [0.15, 0.2) is 5.78 Å². The highest BCUT2D eigenvalue weighted by molar-refractivity contribution is 6.00. The second kappa shape index (κ2) is 6.15. The zero-order chi connectivity index (χ0) is 13.8. The molecule has 0 aliphatic carbocycles. The van der Waals surface area contributed by atoms with E-state index in [1.54, 1.807) is 6.07 Å². The van der Waals surface area contributed by atoms with Crippen LogP contribution in [0, 0.1) is 11.7 Å². The molecule has 1 aromatic carbocycles. The summed E-state index contributed by atoms with van der Waals surface area (Å²) in [6.07, 6.45) is 1.57. The minimum absolute atomic E-state index is 0.00310. The van der Waals surface area contributed by atoms with Gasteiger partial charge in [-0.3, -0.25) is 4.79 Å². The maximum Gasteiger partial charge on any atom is 0.169 e. The fraction of sp³-hybridized carbons (Fsp3) is 0.533. The molecule has 0 spiro atoms. The first-order valence-electron chi connectivity index (χ1n) is 6.79. The molecule has 3 nitrogen and oxygen atoms in total. The van der Waals surface area contributed by atoms with Crippen molar-refractivity contribution in [3.8, 4) is 5.75 Å². The van der Waals surface area contributed by atoms with Crippen molar-refractivity contribution in [3.63, 3.8) is 0 Å². The minimum Gasteiger partial charge on any atom is -0.490 e. The predicted octanol–water partition coefficient (Wildman–Crippen LogP) is 2.80. The summed E-state index contributed by atoms with van der Waals surface area (Å²) in [5.41, 5.74) is 0.376. The number of ether oxygens (including phenoxy) is 1. The molecule has 1 N–H and O–H groups in total. The van der Waals surface area contributed by atoms with Crippen LogP contribution < -0.4 is 10.1 Å². The van der Waals surface area contributed by atoms with Gasteiger partial charge in [-0.05, 0) is 58.0 Å². The Morgan fingerprint density at radius 1 is 1.37 bits per heavy atom. The molecule has 1 saturated heterocycles. The molecule has 0 amide bonds. The lowest BCUT2D eigenvalue weighted by Crippen LogP contribution is -2.32. The molecule has 0 radical (unpaired) electrons. The molecule has 0 unspecified atom stereocenters. The van der Waals surface area contributed by atoms with E-state index in [4.69, 9.17) is 4.74 Å². The average Bonchev–Trinajstić information content (AvgIpc) is 2.40. The molecule has 104 valence electrons. The number of benzene rings is 1. The van der Waals surface area contributed by atoms with Crippen LogP contribution in [0.15, 0.2) is 18.2 Å². The van der Waals surface area contributed by atoms with E-state index in [9.17, 15) is 9.18 Å². The van der Waals surface area contributed by atoms with Crippen molar-refractivity contribution >= 4 is 5.78 Å². The number of halogens is 1. The highest BCUT2D eigenvalue weighted by Crippen LogP contribution is 2.27. The Morgan fingerprint density at radius 2 is 2.05 bits per heavy atom. The summed E-state index contributed by atoms with van der Waals surface area (Å²) < 4.78 is 19.0. The van der Waals surface area contributed by atoms with E-state index in [-0.39, 0.29) is 17.8 Å². The number of ketones is 1. The third-order valence-corrected chi connectivity index (χ3v) is 3.28. The Bertz CT molecular complexity index is 453. The van der Waals surface area contributed by atoms with Crippen molar-refractivity contribution in [2.24, 2.45) is 5.92 Å². The van der Waals surface area contributed by atoms with E-state index in [2.05, 4.69) is 5.32 Å². The van der Waals surface area contributed by atoms with Gasteiger partial charge in [0.1, 0.15) is 11.6 Å². The lowest BCUT2D eigenvalue weighted by Gasteiger charge is -2.23. The van der Waals surface area contributed by atoms with Crippen molar-refractivity contribution in [2.45, 2.75) is 32.8 Å². The molecule has 4 heteroatoms. The van der Waals surface area contributed by atoms with E-state index in [0.29, 0.717) is 11.3 Å². The molecule has 0 atom stereocenters. The number of Topliss-reactive ketones (excluding diaryl/α,β-unsaturated/α-hetero) is 1. The fourth-order valence-corrected chi connectivity index (χ4v) is 2.36.